The molecule has 0 spiro atoms. The quantitative estimate of drug-likeness (QED) is 0.759. The second-order valence-corrected chi connectivity index (χ2v) is 7.13. The van der Waals surface area contributed by atoms with Crippen LogP contribution >= 0.6 is 0 Å². The summed E-state index contributed by atoms with van der Waals surface area (Å²) < 4.78 is 27.5. The second kappa shape index (κ2) is 5.98. The van der Waals surface area contributed by atoms with Gasteiger partial charge in [-0.05, 0) is 47.5 Å². The lowest BCUT2D eigenvalue weighted by atomic mass is 10.1. The molecular formula is C18H15NO4S. The van der Waals surface area contributed by atoms with Crippen molar-refractivity contribution in [1.82, 2.24) is 0 Å². The predicted molar refractivity (Wildman–Crippen MR) is 92.9 cm³/mol. The number of hydrogen-bond donors (Lipinski definition) is 2. The number of nitrogens with one attached hydrogen (secondary N) is 1. The average Bonchev–Trinajstić information content (AvgIpc) is 2.54. The number of aryl methyl sites for hydroxylation is 1. The summed E-state index contributed by atoms with van der Waals surface area (Å²) in [5.41, 5.74) is 0.898. The summed E-state index contributed by atoms with van der Waals surface area (Å²) in [5.74, 6) is -1.16. The van der Waals surface area contributed by atoms with Gasteiger partial charge in [-0.3, -0.25) is 4.72 Å². The molecule has 0 aliphatic carbocycles. The van der Waals surface area contributed by atoms with Gasteiger partial charge in [0.15, 0.2) is 0 Å². The van der Waals surface area contributed by atoms with Crippen LogP contribution in [0.5, 0.6) is 0 Å². The third kappa shape index (κ3) is 3.09. The van der Waals surface area contributed by atoms with Gasteiger partial charge in [-0.2, -0.15) is 0 Å². The lowest BCUT2D eigenvalue weighted by Gasteiger charge is -2.10. The summed E-state index contributed by atoms with van der Waals surface area (Å²) in [6.45, 7) is 1.62. The molecule has 0 fully saturated rings. The number of benzene rings is 3. The molecule has 0 aliphatic rings. The van der Waals surface area contributed by atoms with Crippen LogP contribution in [0.1, 0.15) is 15.9 Å². The van der Waals surface area contributed by atoms with E-state index in [1.54, 1.807) is 19.1 Å². The molecule has 0 atom stereocenters. The third-order valence-electron chi connectivity index (χ3n) is 3.75. The Bertz CT molecular complexity index is 1040. The number of fused-ring (bicyclic) bond motifs is 1. The first kappa shape index (κ1) is 16.0. The molecule has 0 amide bonds. The molecule has 2 N–H and O–H groups in total. The minimum Gasteiger partial charge on any atom is -0.478 e. The Kier molecular flexibility index (Phi) is 3.99. The summed E-state index contributed by atoms with van der Waals surface area (Å²) in [7, 11) is -3.87. The van der Waals surface area contributed by atoms with Gasteiger partial charge in [-0.25, -0.2) is 13.2 Å². The van der Waals surface area contributed by atoms with Crippen molar-refractivity contribution in [2.24, 2.45) is 0 Å². The fraction of sp³-hybridized carbons (Fsp3) is 0.0556. The van der Waals surface area contributed by atoms with E-state index in [9.17, 15) is 13.2 Å². The largest absolute Gasteiger partial charge is 0.478 e. The molecule has 3 rings (SSSR count). The monoisotopic (exact) mass is 341 g/mol. The van der Waals surface area contributed by atoms with Gasteiger partial charge in [0.1, 0.15) is 0 Å². The first-order chi connectivity index (χ1) is 11.4. The van der Waals surface area contributed by atoms with Crippen molar-refractivity contribution in [3.05, 3.63) is 71.8 Å². The van der Waals surface area contributed by atoms with E-state index in [2.05, 4.69) is 4.72 Å². The van der Waals surface area contributed by atoms with Gasteiger partial charge in [-0.15, -0.1) is 0 Å². The lowest BCUT2D eigenvalue weighted by Crippen LogP contribution is -2.14. The maximum atomic E-state index is 12.5. The van der Waals surface area contributed by atoms with Gasteiger partial charge in [0, 0.05) is 5.69 Å². The Morgan fingerprint density at radius 2 is 1.67 bits per heavy atom. The van der Waals surface area contributed by atoms with Crippen molar-refractivity contribution in [2.75, 3.05) is 4.72 Å². The van der Waals surface area contributed by atoms with Crippen molar-refractivity contribution < 1.29 is 18.3 Å². The number of carboxylic acid groups (broad SMARTS) is 1. The number of hydrogen-bond acceptors (Lipinski definition) is 3. The average molecular weight is 341 g/mol. The van der Waals surface area contributed by atoms with Gasteiger partial charge in [0.05, 0.1) is 10.5 Å². The minimum absolute atomic E-state index is 0.0311. The van der Waals surface area contributed by atoms with E-state index < -0.39 is 16.0 Å². The summed E-state index contributed by atoms with van der Waals surface area (Å²) in [6, 6.07) is 16.9. The first-order valence-corrected chi connectivity index (χ1v) is 8.71. The smallest absolute Gasteiger partial charge is 0.335 e. The van der Waals surface area contributed by atoms with E-state index in [4.69, 9.17) is 5.11 Å². The van der Waals surface area contributed by atoms with Gasteiger partial charge in [0.25, 0.3) is 10.0 Å². The first-order valence-electron chi connectivity index (χ1n) is 7.22. The van der Waals surface area contributed by atoms with Crippen molar-refractivity contribution >= 4 is 32.5 Å². The number of aromatic carboxylic acids is 1. The van der Waals surface area contributed by atoms with Crippen LogP contribution in [0.15, 0.2) is 65.6 Å². The molecule has 0 heterocycles. The Morgan fingerprint density at radius 1 is 0.958 bits per heavy atom. The Balaban J connectivity index is 1.98. The summed E-state index contributed by atoms with van der Waals surface area (Å²) in [4.78, 5) is 11.1. The summed E-state index contributed by atoms with van der Waals surface area (Å²) in [6.07, 6.45) is 0. The maximum Gasteiger partial charge on any atom is 0.335 e. The molecule has 24 heavy (non-hydrogen) atoms. The van der Waals surface area contributed by atoms with Gasteiger partial charge in [0.2, 0.25) is 0 Å². The highest BCUT2D eigenvalue weighted by Gasteiger charge is 2.18. The lowest BCUT2D eigenvalue weighted by molar-refractivity contribution is 0.0696. The fourth-order valence-corrected chi connectivity index (χ4v) is 3.54. The third-order valence-corrected chi connectivity index (χ3v) is 5.13. The van der Waals surface area contributed by atoms with E-state index in [0.717, 1.165) is 10.8 Å². The van der Waals surface area contributed by atoms with E-state index >= 15 is 0 Å². The molecule has 3 aromatic rings. The maximum absolute atomic E-state index is 12.5. The summed E-state index contributed by atoms with van der Waals surface area (Å²) >= 11 is 0. The molecule has 0 saturated carbocycles. The zero-order valence-electron chi connectivity index (χ0n) is 12.9. The highest BCUT2D eigenvalue weighted by atomic mass is 32.2. The van der Waals surface area contributed by atoms with Crippen LogP contribution in [0.4, 0.5) is 5.69 Å². The van der Waals surface area contributed by atoms with Crippen LogP contribution in [-0.4, -0.2) is 19.5 Å². The number of carboxylic acids is 1. The molecule has 0 aromatic heterocycles. The molecular weight excluding hydrogens is 326 g/mol. The molecule has 0 bridgehead atoms. The minimum atomic E-state index is -3.87. The molecule has 0 unspecified atom stereocenters. The Hall–Kier alpha value is -2.86. The van der Waals surface area contributed by atoms with Crippen molar-refractivity contribution in [2.45, 2.75) is 11.8 Å². The number of anilines is 1. The van der Waals surface area contributed by atoms with Crippen LogP contribution in [0.2, 0.25) is 0 Å². The van der Waals surface area contributed by atoms with Crippen molar-refractivity contribution in [1.29, 1.82) is 0 Å². The standard InChI is InChI=1S/C18H15NO4S/c1-12-6-9-16(11-17(12)18(20)21)24(22,23)19-15-8-7-13-4-2-3-5-14(13)10-15/h2-11,19H,1H3,(H,20,21). The van der Waals surface area contributed by atoms with Crippen LogP contribution < -0.4 is 4.72 Å². The topological polar surface area (TPSA) is 83.5 Å². The zero-order chi connectivity index (χ0) is 17.3. The second-order valence-electron chi connectivity index (χ2n) is 5.45. The Morgan fingerprint density at radius 3 is 2.38 bits per heavy atom. The molecule has 0 radical (unpaired) electrons. The number of carbonyl (C=O) groups is 1. The highest BCUT2D eigenvalue weighted by molar-refractivity contribution is 7.92. The Labute approximate surface area is 139 Å². The normalized spacial score (nSPS) is 11.4. The summed E-state index contributed by atoms with van der Waals surface area (Å²) in [5, 5.41) is 11.1. The van der Waals surface area contributed by atoms with Crippen LogP contribution in [-0.2, 0) is 10.0 Å². The van der Waals surface area contributed by atoms with Crippen LogP contribution in [0.25, 0.3) is 10.8 Å². The molecule has 6 heteroatoms. The fourth-order valence-electron chi connectivity index (χ4n) is 2.47. The van der Waals surface area contributed by atoms with Crippen LogP contribution in [0.3, 0.4) is 0 Å². The van der Waals surface area contributed by atoms with E-state index in [1.807, 2.05) is 30.3 Å². The van der Waals surface area contributed by atoms with E-state index in [0.29, 0.717) is 11.3 Å². The molecule has 3 aromatic carbocycles. The zero-order valence-corrected chi connectivity index (χ0v) is 13.7. The van der Waals surface area contributed by atoms with Gasteiger partial charge in [-0.1, -0.05) is 36.4 Å². The molecule has 5 nitrogen and oxygen atoms in total. The molecule has 122 valence electrons. The predicted octanol–water partition coefficient (Wildman–Crippen LogP) is 3.65. The van der Waals surface area contributed by atoms with Gasteiger partial charge >= 0.3 is 5.97 Å². The van der Waals surface area contributed by atoms with E-state index in [-0.39, 0.29) is 10.5 Å². The van der Waals surface area contributed by atoms with Crippen molar-refractivity contribution in [3.8, 4) is 0 Å². The van der Waals surface area contributed by atoms with Gasteiger partial charge < -0.3 is 5.11 Å². The SMILES string of the molecule is Cc1ccc(S(=O)(=O)Nc2ccc3ccccc3c2)cc1C(=O)O. The van der Waals surface area contributed by atoms with Crippen molar-refractivity contribution in [3.63, 3.8) is 0 Å². The van der Waals surface area contributed by atoms with E-state index in [1.165, 1.54) is 18.2 Å². The highest BCUT2D eigenvalue weighted by Crippen LogP contribution is 2.23. The van der Waals surface area contributed by atoms with Crippen LogP contribution in [0, 0.1) is 6.92 Å². The number of sulfonamides is 1. The molecule has 0 aliphatic heterocycles. The molecule has 0 saturated heterocycles. The number of rotatable bonds is 4.